The average Bonchev–Trinajstić information content (AvgIpc) is 2.52. The van der Waals surface area contributed by atoms with E-state index in [1.54, 1.807) is 13.3 Å². The first-order chi connectivity index (χ1) is 10.2. The van der Waals surface area contributed by atoms with E-state index in [0.29, 0.717) is 6.61 Å². The Hall–Kier alpha value is -2.07. The van der Waals surface area contributed by atoms with Gasteiger partial charge in [0, 0.05) is 12.1 Å². The summed E-state index contributed by atoms with van der Waals surface area (Å²) in [6, 6.07) is 9.99. The average molecular weight is 286 g/mol. The quantitative estimate of drug-likeness (QED) is 0.849. The molecule has 1 aromatic carbocycles. The van der Waals surface area contributed by atoms with Crippen molar-refractivity contribution in [2.75, 3.05) is 13.7 Å². The Morgan fingerprint density at radius 3 is 2.71 bits per heavy atom. The van der Waals surface area contributed by atoms with Gasteiger partial charge in [0.1, 0.15) is 18.1 Å². The van der Waals surface area contributed by atoms with Crippen molar-refractivity contribution in [2.24, 2.45) is 0 Å². The third-order valence-electron chi connectivity index (χ3n) is 3.18. The summed E-state index contributed by atoms with van der Waals surface area (Å²) in [5.41, 5.74) is 3.24. The van der Waals surface area contributed by atoms with Crippen LogP contribution < -0.4 is 14.8 Å². The molecule has 0 aliphatic heterocycles. The molecule has 1 heterocycles. The maximum Gasteiger partial charge on any atom is 0.138 e. The van der Waals surface area contributed by atoms with Crippen LogP contribution in [0.3, 0.4) is 0 Å². The molecule has 0 saturated heterocycles. The van der Waals surface area contributed by atoms with Gasteiger partial charge < -0.3 is 14.8 Å². The lowest BCUT2D eigenvalue weighted by atomic mass is 10.1. The summed E-state index contributed by atoms with van der Waals surface area (Å²) in [7, 11) is 1.67. The molecule has 4 nitrogen and oxygen atoms in total. The Labute approximate surface area is 126 Å². The highest BCUT2D eigenvalue weighted by atomic mass is 16.5. The minimum atomic E-state index is 0.471. The number of benzene rings is 1. The van der Waals surface area contributed by atoms with Crippen LogP contribution >= 0.6 is 0 Å². The van der Waals surface area contributed by atoms with Crippen LogP contribution in [0.2, 0.25) is 0 Å². The van der Waals surface area contributed by atoms with Gasteiger partial charge in [-0.15, -0.1) is 0 Å². The number of nitrogens with zero attached hydrogens (tertiary/aromatic N) is 1. The molecule has 0 saturated carbocycles. The number of rotatable bonds is 7. The van der Waals surface area contributed by atoms with Gasteiger partial charge in [0.05, 0.1) is 19.0 Å². The van der Waals surface area contributed by atoms with Gasteiger partial charge in [-0.05, 0) is 37.7 Å². The molecule has 0 radical (unpaired) electrons. The highest BCUT2D eigenvalue weighted by Crippen LogP contribution is 2.21. The maximum absolute atomic E-state index is 5.79. The molecule has 2 rings (SSSR count). The van der Waals surface area contributed by atoms with E-state index in [1.807, 2.05) is 24.3 Å². The summed E-state index contributed by atoms with van der Waals surface area (Å²) < 4.78 is 11.1. The number of aryl methyl sites for hydroxylation is 1. The Kier molecular flexibility index (Phi) is 5.58. The molecular formula is C17H22N2O2. The Bertz CT molecular complexity index is 568. The Balaban J connectivity index is 1.98. The lowest BCUT2D eigenvalue weighted by Crippen LogP contribution is -2.12. The van der Waals surface area contributed by atoms with Crippen molar-refractivity contribution in [3.63, 3.8) is 0 Å². The van der Waals surface area contributed by atoms with Crippen LogP contribution in [-0.4, -0.2) is 18.6 Å². The fraction of sp³-hybridized carbons (Fsp3) is 0.353. The summed E-state index contributed by atoms with van der Waals surface area (Å²) >= 11 is 0. The number of hydrogen-bond acceptors (Lipinski definition) is 4. The summed E-state index contributed by atoms with van der Waals surface area (Å²) in [6.45, 7) is 6.32. The van der Waals surface area contributed by atoms with E-state index in [-0.39, 0.29) is 0 Å². The van der Waals surface area contributed by atoms with Gasteiger partial charge in [0.15, 0.2) is 0 Å². The Morgan fingerprint density at radius 1 is 1.19 bits per heavy atom. The molecule has 1 aromatic heterocycles. The summed E-state index contributed by atoms with van der Waals surface area (Å²) in [4.78, 5) is 4.37. The third-order valence-corrected chi connectivity index (χ3v) is 3.18. The summed E-state index contributed by atoms with van der Waals surface area (Å²) in [5, 5.41) is 3.24. The van der Waals surface area contributed by atoms with Crippen molar-refractivity contribution in [3.05, 3.63) is 53.3 Å². The smallest absolute Gasteiger partial charge is 0.138 e. The topological polar surface area (TPSA) is 43.4 Å². The SMILES string of the molecule is CCNCc1ccc(OCc2cc(C)ccc2OC)cn1. The van der Waals surface area contributed by atoms with Crippen LogP contribution in [0.25, 0.3) is 0 Å². The van der Waals surface area contributed by atoms with Crippen LogP contribution in [0, 0.1) is 6.92 Å². The predicted molar refractivity (Wildman–Crippen MR) is 83.7 cm³/mol. The monoisotopic (exact) mass is 286 g/mol. The van der Waals surface area contributed by atoms with Crippen molar-refractivity contribution < 1.29 is 9.47 Å². The van der Waals surface area contributed by atoms with Gasteiger partial charge in [-0.25, -0.2) is 0 Å². The maximum atomic E-state index is 5.79. The van der Waals surface area contributed by atoms with Crippen LogP contribution in [0.15, 0.2) is 36.5 Å². The van der Waals surface area contributed by atoms with Crippen LogP contribution in [0.4, 0.5) is 0 Å². The summed E-state index contributed by atoms with van der Waals surface area (Å²) in [6.07, 6.45) is 1.76. The molecule has 2 aromatic rings. The molecule has 0 amide bonds. The molecule has 0 fully saturated rings. The fourth-order valence-electron chi connectivity index (χ4n) is 2.04. The number of aromatic nitrogens is 1. The molecule has 112 valence electrons. The number of hydrogen-bond donors (Lipinski definition) is 1. The number of nitrogens with one attached hydrogen (secondary N) is 1. The lowest BCUT2D eigenvalue weighted by molar-refractivity contribution is 0.295. The molecule has 0 bridgehead atoms. The summed E-state index contributed by atoms with van der Waals surface area (Å²) in [5.74, 6) is 1.61. The second-order valence-corrected chi connectivity index (χ2v) is 4.87. The second kappa shape index (κ2) is 7.64. The second-order valence-electron chi connectivity index (χ2n) is 4.87. The molecular weight excluding hydrogens is 264 g/mol. The number of methoxy groups -OCH3 is 1. The van der Waals surface area contributed by atoms with E-state index >= 15 is 0 Å². The van der Waals surface area contributed by atoms with Crippen molar-refractivity contribution in [3.8, 4) is 11.5 Å². The first-order valence-corrected chi connectivity index (χ1v) is 7.15. The van der Waals surface area contributed by atoms with Crippen LogP contribution in [-0.2, 0) is 13.2 Å². The highest BCUT2D eigenvalue weighted by Gasteiger charge is 2.04. The van der Waals surface area contributed by atoms with Gasteiger partial charge in [0.25, 0.3) is 0 Å². The van der Waals surface area contributed by atoms with Crippen LogP contribution in [0.1, 0.15) is 23.7 Å². The number of ether oxygens (including phenoxy) is 2. The van der Waals surface area contributed by atoms with Gasteiger partial charge >= 0.3 is 0 Å². The molecule has 4 heteroatoms. The fourth-order valence-corrected chi connectivity index (χ4v) is 2.04. The zero-order valence-corrected chi connectivity index (χ0v) is 12.8. The zero-order valence-electron chi connectivity index (χ0n) is 12.8. The minimum absolute atomic E-state index is 0.471. The van der Waals surface area contributed by atoms with E-state index < -0.39 is 0 Å². The highest BCUT2D eigenvalue weighted by molar-refractivity contribution is 5.36. The van der Waals surface area contributed by atoms with Crippen molar-refractivity contribution >= 4 is 0 Å². The van der Waals surface area contributed by atoms with Gasteiger partial charge in [-0.1, -0.05) is 18.6 Å². The van der Waals surface area contributed by atoms with E-state index in [9.17, 15) is 0 Å². The normalized spacial score (nSPS) is 10.4. The van der Waals surface area contributed by atoms with Crippen molar-refractivity contribution in [2.45, 2.75) is 27.0 Å². The van der Waals surface area contributed by atoms with E-state index in [2.05, 4.69) is 30.2 Å². The van der Waals surface area contributed by atoms with Crippen LogP contribution in [0.5, 0.6) is 11.5 Å². The minimum Gasteiger partial charge on any atom is -0.496 e. The standard InChI is InChI=1S/C17H22N2O2/c1-4-18-10-15-6-7-16(11-19-15)21-12-14-9-13(2)5-8-17(14)20-3/h5-9,11,18H,4,10,12H2,1-3H3. The zero-order chi connectivity index (χ0) is 15.1. The lowest BCUT2D eigenvalue weighted by Gasteiger charge is -2.11. The number of pyridine rings is 1. The predicted octanol–water partition coefficient (Wildman–Crippen LogP) is 3.09. The van der Waals surface area contributed by atoms with Gasteiger partial charge in [-0.3, -0.25) is 4.98 Å². The van der Waals surface area contributed by atoms with Crippen molar-refractivity contribution in [1.82, 2.24) is 10.3 Å². The molecule has 0 aliphatic rings. The van der Waals surface area contributed by atoms with E-state index in [4.69, 9.17) is 9.47 Å². The van der Waals surface area contributed by atoms with Gasteiger partial charge in [0.2, 0.25) is 0 Å². The molecule has 0 unspecified atom stereocenters. The molecule has 0 aliphatic carbocycles. The van der Waals surface area contributed by atoms with Crippen molar-refractivity contribution in [1.29, 1.82) is 0 Å². The van der Waals surface area contributed by atoms with E-state index in [0.717, 1.165) is 35.8 Å². The molecule has 21 heavy (non-hydrogen) atoms. The van der Waals surface area contributed by atoms with Gasteiger partial charge in [-0.2, -0.15) is 0 Å². The van der Waals surface area contributed by atoms with E-state index in [1.165, 1.54) is 5.56 Å². The largest absolute Gasteiger partial charge is 0.496 e. The molecule has 1 N–H and O–H groups in total. The first kappa shape index (κ1) is 15.3. The Morgan fingerprint density at radius 2 is 2.05 bits per heavy atom. The first-order valence-electron chi connectivity index (χ1n) is 7.15. The third kappa shape index (κ3) is 4.46. The molecule has 0 spiro atoms. The molecule has 0 atom stereocenters.